The van der Waals surface area contributed by atoms with Gasteiger partial charge in [-0.3, -0.25) is 5.41 Å². The maximum Gasteiger partial charge on any atom is 0.215 e. The third kappa shape index (κ3) is 7.01. The molecular weight excluding hydrogens is 232 g/mol. The quantitative estimate of drug-likeness (QED) is 0.282. The van der Waals surface area contributed by atoms with E-state index in [1.807, 2.05) is 0 Å². The monoisotopic (exact) mass is 250 g/mol. The van der Waals surface area contributed by atoms with Crippen LogP contribution in [0.4, 0.5) is 0 Å². The number of aliphatic imine (C=N–C) groups is 1. The van der Waals surface area contributed by atoms with Gasteiger partial charge in [0.05, 0.1) is 11.6 Å². The van der Waals surface area contributed by atoms with Gasteiger partial charge in [-0.05, 0) is 0 Å². The van der Waals surface area contributed by atoms with Gasteiger partial charge >= 0.3 is 0 Å². The summed E-state index contributed by atoms with van der Waals surface area (Å²) in [5.41, 5.74) is 10.2. The highest BCUT2D eigenvalue weighted by molar-refractivity contribution is 7.91. The van der Waals surface area contributed by atoms with Crippen molar-refractivity contribution in [2.75, 3.05) is 32.3 Å². The Morgan fingerprint density at radius 1 is 1.44 bits per heavy atom. The van der Waals surface area contributed by atoms with Crippen molar-refractivity contribution >= 4 is 21.8 Å². The van der Waals surface area contributed by atoms with Crippen LogP contribution in [0.15, 0.2) is 4.99 Å². The molecule has 8 nitrogen and oxygen atoms in total. The second kappa shape index (κ2) is 6.28. The van der Waals surface area contributed by atoms with Crippen molar-refractivity contribution in [3.8, 4) is 0 Å². The molecule has 1 rings (SSSR count). The highest BCUT2D eigenvalue weighted by Gasteiger charge is 2.15. The van der Waals surface area contributed by atoms with Crippen LogP contribution in [-0.2, 0) is 9.84 Å². The molecule has 16 heavy (non-hydrogen) atoms. The number of nitrogens with one attached hydrogen (secondary N) is 2. The highest BCUT2D eigenvalue weighted by atomic mass is 32.2. The Hall–Kier alpha value is -1.35. The Bertz CT molecular complexity index is 349. The predicted octanol–water partition coefficient (Wildman–Crippen LogP) is -2.28. The molecule has 0 bridgehead atoms. The van der Waals surface area contributed by atoms with Crippen molar-refractivity contribution in [2.45, 2.75) is 0 Å². The molecule has 0 amide bonds. The summed E-state index contributed by atoms with van der Waals surface area (Å²) in [7, 11) is 0.791. The predicted molar refractivity (Wildman–Crippen MR) is 63.9 cm³/mol. The number of nitrogens with two attached hydrogens (primary N) is 2. The molecule has 0 saturated carbocycles. The molecule has 1 heterocycles. The first kappa shape index (κ1) is 14.6. The molecule has 0 aliphatic carbocycles. The van der Waals surface area contributed by atoms with E-state index in [9.17, 15) is 8.42 Å². The molecule has 0 unspecified atom stereocenters. The van der Waals surface area contributed by atoms with Gasteiger partial charge in [0.25, 0.3) is 0 Å². The van der Waals surface area contributed by atoms with Gasteiger partial charge in [0.15, 0.2) is 15.8 Å². The second-order valence-corrected chi connectivity index (χ2v) is 5.53. The fourth-order valence-electron chi connectivity index (χ4n) is 0.751. The lowest BCUT2D eigenvalue weighted by atomic mass is 10.8. The van der Waals surface area contributed by atoms with Crippen molar-refractivity contribution in [2.24, 2.45) is 16.5 Å². The molecule has 1 saturated heterocycles. The second-order valence-electron chi connectivity index (χ2n) is 3.34. The van der Waals surface area contributed by atoms with E-state index in [0.717, 1.165) is 0 Å². The van der Waals surface area contributed by atoms with Gasteiger partial charge in [0.2, 0.25) is 5.96 Å². The minimum absolute atomic E-state index is 0.174. The fraction of sp³-hybridized carbons (Fsp3) is 0.714. The maximum absolute atomic E-state index is 10.4. The van der Waals surface area contributed by atoms with Crippen LogP contribution in [0.5, 0.6) is 0 Å². The SMILES string of the molecule is CN(C)/C(N)=N/C(=N)N.O=S1(=O)CCNC1. The van der Waals surface area contributed by atoms with Crippen molar-refractivity contribution < 1.29 is 8.42 Å². The van der Waals surface area contributed by atoms with Crippen LogP contribution in [0.2, 0.25) is 0 Å². The largest absolute Gasteiger partial charge is 0.369 e. The molecular formula is C7H18N6O2S. The zero-order chi connectivity index (χ0) is 12.8. The number of hydrogen-bond donors (Lipinski definition) is 4. The Labute approximate surface area is 95.1 Å². The fourth-order valence-corrected chi connectivity index (χ4v) is 1.81. The highest BCUT2D eigenvalue weighted by Crippen LogP contribution is 1.91. The lowest BCUT2D eigenvalue weighted by molar-refractivity contribution is 0.601. The molecule has 1 aliphatic rings. The summed E-state index contributed by atoms with van der Waals surface area (Å²) in [5.74, 6) is 0.448. The lowest BCUT2D eigenvalue weighted by Gasteiger charge is -2.08. The van der Waals surface area contributed by atoms with Crippen molar-refractivity contribution in [1.82, 2.24) is 10.2 Å². The van der Waals surface area contributed by atoms with Crippen LogP contribution in [0.25, 0.3) is 0 Å². The van der Waals surface area contributed by atoms with Crippen LogP contribution in [-0.4, -0.2) is 57.5 Å². The van der Waals surface area contributed by atoms with Gasteiger partial charge in [-0.1, -0.05) is 0 Å². The minimum Gasteiger partial charge on any atom is -0.369 e. The number of hydrogen-bond acceptors (Lipinski definition) is 4. The molecule has 0 spiro atoms. The summed E-state index contributed by atoms with van der Waals surface area (Å²) < 4.78 is 20.7. The third-order valence-corrected chi connectivity index (χ3v) is 3.08. The van der Waals surface area contributed by atoms with E-state index in [4.69, 9.17) is 16.9 Å². The zero-order valence-electron chi connectivity index (χ0n) is 9.40. The van der Waals surface area contributed by atoms with Gasteiger partial charge < -0.3 is 21.7 Å². The third-order valence-electron chi connectivity index (χ3n) is 1.61. The maximum atomic E-state index is 10.4. The molecule has 9 heteroatoms. The molecule has 94 valence electrons. The van der Waals surface area contributed by atoms with Crippen LogP contribution in [0.3, 0.4) is 0 Å². The van der Waals surface area contributed by atoms with E-state index in [-0.39, 0.29) is 17.8 Å². The topological polar surface area (TPSA) is 138 Å². The smallest absolute Gasteiger partial charge is 0.215 e. The van der Waals surface area contributed by atoms with Crippen molar-refractivity contribution in [1.29, 1.82) is 5.41 Å². The molecule has 0 atom stereocenters. The summed E-state index contributed by atoms with van der Waals surface area (Å²) in [4.78, 5) is 5.03. The molecule has 0 aromatic heterocycles. The van der Waals surface area contributed by atoms with Gasteiger partial charge in [-0.25, -0.2) is 8.42 Å². The average molecular weight is 250 g/mol. The van der Waals surface area contributed by atoms with E-state index in [1.165, 1.54) is 0 Å². The molecule has 6 N–H and O–H groups in total. The Balaban J connectivity index is 0.000000288. The van der Waals surface area contributed by atoms with Crippen LogP contribution in [0, 0.1) is 5.41 Å². The average Bonchev–Trinajstić information content (AvgIpc) is 2.49. The summed E-state index contributed by atoms with van der Waals surface area (Å²) in [6, 6.07) is 0. The first-order valence-electron chi connectivity index (χ1n) is 4.51. The number of sulfone groups is 1. The van der Waals surface area contributed by atoms with Crippen molar-refractivity contribution in [3.63, 3.8) is 0 Å². The Kier molecular flexibility index (Phi) is 5.75. The van der Waals surface area contributed by atoms with Crippen molar-refractivity contribution in [3.05, 3.63) is 0 Å². The Morgan fingerprint density at radius 2 is 2.00 bits per heavy atom. The summed E-state index contributed by atoms with van der Waals surface area (Å²) in [6.45, 7) is 0.627. The number of guanidine groups is 2. The van der Waals surface area contributed by atoms with Gasteiger partial charge in [-0.2, -0.15) is 4.99 Å². The van der Waals surface area contributed by atoms with E-state index in [2.05, 4.69) is 10.3 Å². The standard InChI is InChI=1S/C4H11N5.C3H7NO2S/c1-9(2)4(7)8-3(5)6;5-7(6)2-1-4-3-7/h1-2H3,(H5,5,6,7,8);4H,1-3H2. The van der Waals surface area contributed by atoms with E-state index in [0.29, 0.717) is 12.3 Å². The summed E-state index contributed by atoms with van der Waals surface area (Å²) >= 11 is 0. The first-order valence-corrected chi connectivity index (χ1v) is 6.33. The number of rotatable bonds is 0. The van der Waals surface area contributed by atoms with Gasteiger partial charge in [-0.15, -0.1) is 0 Å². The molecule has 1 fully saturated rings. The molecule has 0 radical (unpaired) electrons. The minimum atomic E-state index is -2.66. The molecule has 0 aromatic carbocycles. The van der Waals surface area contributed by atoms with Gasteiger partial charge in [0, 0.05) is 20.6 Å². The molecule has 1 aliphatic heterocycles. The lowest BCUT2D eigenvalue weighted by Crippen LogP contribution is -2.32. The zero-order valence-corrected chi connectivity index (χ0v) is 10.2. The first-order chi connectivity index (χ1) is 7.24. The van der Waals surface area contributed by atoms with E-state index in [1.54, 1.807) is 19.0 Å². The van der Waals surface area contributed by atoms with Crippen LogP contribution in [0.1, 0.15) is 0 Å². The molecule has 0 aromatic rings. The van der Waals surface area contributed by atoms with E-state index >= 15 is 0 Å². The normalized spacial score (nSPS) is 18.5. The summed E-state index contributed by atoms with van der Waals surface area (Å²) in [6.07, 6.45) is 0. The van der Waals surface area contributed by atoms with Gasteiger partial charge in [0.1, 0.15) is 0 Å². The van der Waals surface area contributed by atoms with E-state index < -0.39 is 9.84 Å². The number of nitrogens with zero attached hydrogens (tertiary/aromatic N) is 2. The van der Waals surface area contributed by atoms with Crippen LogP contribution >= 0.6 is 0 Å². The summed E-state index contributed by atoms with van der Waals surface area (Å²) in [5, 5.41) is 9.43. The van der Waals surface area contributed by atoms with Crippen LogP contribution < -0.4 is 16.8 Å². The Morgan fingerprint density at radius 3 is 2.12 bits per heavy atom.